The lowest BCUT2D eigenvalue weighted by molar-refractivity contribution is -0.131. The smallest absolute Gasteiger partial charge is 0.328 e. The molecule has 0 amide bonds. The first-order valence-corrected chi connectivity index (χ1v) is 5.95. The Balaban J connectivity index is 2.55. The molecule has 0 radical (unpaired) electrons. The Morgan fingerprint density at radius 3 is 2.30 bits per heavy atom. The first-order chi connectivity index (χ1) is 9.38. The van der Waals surface area contributed by atoms with E-state index in [-0.39, 0.29) is 0 Å². The van der Waals surface area contributed by atoms with E-state index in [9.17, 15) is 13.6 Å². The van der Waals surface area contributed by atoms with E-state index in [2.05, 4.69) is 0 Å². The minimum Gasteiger partial charge on any atom is -0.478 e. The number of hydrogen-bond acceptors (Lipinski definition) is 1. The fourth-order valence-corrected chi connectivity index (χ4v) is 2.18. The van der Waals surface area contributed by atoms with Gasteiger partial charge in [-0.15, -0.1) is 0 Å². The van der Waals surface area contributed by atoms with Crippen LogP contribution in [0.15, 0.2) is 30.3 Å². The van der Waals surface area contributed by atoms with Crippen molar-refractivity contribution in [3.8, 4) is 5.69 Å². The maximum absolute atomic E-state index is 13.3. The maximum atomic E-state index is 13.3. The van der Waals surface area contributed by atoms with Gasteiger partial charge in [0.1, 0.15) is 11.6 Å². The Morgan fingerprint density at radius 2 is 1.75 bits per heavy atom. The number of carbonyl (C=O) groups is 1. The van der Waals surface area contributed by atoms with Crippen LogP contribution >= 0.6 is 0 Å². The number of nitrogens with zero attached hydrogens (tertiary/aromatic N) is 1. The summed E-state index contributed by atoms with van der Waals surface area (Å²) in [6.07, 6.45) is 2.48. The van der Waals surface area contributed by atoms with Crippen molar-refractivity contribution in [1.29, 1.82) is 0 Å². The fraction of sp³-hybridized carbons (Fsp3) is 0.133. The highest BCUT2D eigenvalue weighted by atomic mass is 19.1. The molecule has 0 bridgehead atoms. The highest BCUT2D eigenvalue weighted by molar-refractivity contribution is 5.85. The van der Waals surface area contributed by atoms with Gasteiger partial charge in [0.2, 0.25) is 0 Å². The monoisotopic (exact) mass is 277 g/mol. The molecular weight excluding hydrogens is 264 g/mol. The molecule has 1 aromatic carbocycles. The van der Waals surface area contributed by atoms with Crippen LogP contribution in [0.25, 0.3) is 11.8 Å². The Kier molecular flexibility index (Phi) is 3.70. The molecule has 1 heterocycles. The van der Waals surface area contributed by atoms with Crippen molar-refractivity contribution in [1.82, 2.24) is 4.57 Å². The molecule has 0 saturated heterocycles. The average molecular weight is 277 g/mol. The summed E-state index contributed by atoms with van der Waals surface area (Å²) in [4.78, 5) is 10.5. The SMILES string of the molecule is Cc1cc(/C=C/C(=O)O)c(C)n1-c1cc(F)cc(F)c1. The first kappa shape index (κ1) is 14.0. The molecule has 2 aromatic rings. The minimum atomic E-state index is -1.05. The Hall–Kier alpha value is -2.43. The Morgan fingerprint density at radius 1 is 1.15 bits per heavy atom. The fourth-order valence-electron chi connectivity index (χ4n) is 2.18. The van der Waals surface area contributed by atoms with Crippen LogP contribution in [0.1, 0.15) is 17.0 Å². The molecule has 104 valence electrons. The van der Waals surface area contributed by atoms with Crippen molar-refractivity contribution < 1.29 is 18.7 Å². The molecule has 20 heavy (non-hydrogen) atoms. The van der Waals surface area contributed by atoms with Crippen LogP contribution in [-0.2, 0) is 4.79 Å². The molecule has 0 aliphatic rings. The zero-order valence-corrected chi connectivity index (χ0v) is 11.0. The van der Waals surface area contributed by atoms with E-state index in [1.807, 2.05) is 0 Å². The van der Waals surface area contributed by atoms with Gasteiger partial charge >= 0.3 is 5.97 Å². The third kappa shape index (κ3) is 2.77. The van der Waals surface area contributed by atoms with Crippen molar-refractivity contribution in [2.24, 2.45) is 0 Å². The average Bonchev–Trinajstić information content (AvgIpc) is 2.60. The summed E-state index contributed by atoms with van der Waals surface area (Å²) in [6, 6.07) is 5.03. The third-order valence-electron chi connectivity index (χ3n) is 2.98. The zero-order chi connectivity index (χ0) is 14.9. The number of rotatable bonds is 3. The molecule has 5 heteroatoms. The first-order valence-electron chi connectivity index (χ1n) is 5.95. The normalized spacial score (nSPS) is 11.2. The van der Waals surface area contributed by atoms with Crippen LogP contribution in [0, 0.1) is 25.5 Å². The maximum Gasteiger partial charge on any atom is 0.328 e. The van der Waals surface area contributed by atoms with Crippen molar-refractivity contribution in [3.05, 3.63) is 58.9 Å². The van der Waals surface area contributed by atoms with Gasteiger partial charge in [0.05, 0.1) is 5.69 Å². The van der Waals surface area contributed by atoms with Crippen LogP contribution in [0.2, 0.25) is 0 Å². The molecule has 0 aliphatic carbocycles. The van der Waals surface area contributed by atoms with Crippen LogP contribution in [-0.4, -0.2) is 15.6 Å². The van der Waals surface area contributed by atoms with Crippen molar-refractivity contribution >= 4 is 12.0 Å². The number of carboxylic acid groups (broad SMARTS) is 1. The molecule has 0 fully saturated rings. The van der Waals surface area contributed by atoms with Gasteiger partial charge in [0.25, 0.3) is 0 Å². The van der Waals surface area contributed by atoms with Gasteiger partial charge in [0.15, 0.2) is 0 Å². The molecule has 0 spiro atoms. The summed E-state index contributed by atoms with van der Waals surface area (Å²) in [5, 5.41) is 8.64. The number of halogens is 2. The summed E-state index contributed by atoms with van der Waals surface area (Å²) in [5.41, 5.74) is 2.53. The van der Waals surface area contributed by atoms with Crippen LogP contribution < -0.4 is 0 Å². The Labute approximate surface area is 114 Å². The summed E-state index contributed by atoms with van der Waals surface area (Å²) in [5.74, 6) is -2.36. The minimum absolute atomic E-state index is 0.368. The van der Waals surface area contributed by atoms with E-state index in [4.69, 9.17) is 5.11 Å². The lowest BCUT2D eigenvalue weighted by atomic mass is 10.2. The van der Waals surface area contributed by atoms with E-state index in [1.165, 1.54) is 18.2 Å². The molecule has 0 atom stereocenters. The second-order valence-corrected chi connectivity index (χ2v) is 4.46. The highest BCUT2D eigenvalue weighted by Gasteiger charge is 2.11. The van der Waals surface area contributed by atoms with E-state index >= 15 is 0 Å². The van der Waals surface area contributed by atoms with E-state index in [0.717, 1.165) is 17.8 Å². The third-order valence-corrected chi connectivity index (χ3v) is 2.98. The van der Waals surface area contributed by atoms with Crippen molar-refractivity contribution in [2.75, 3.05) is 0 Å². The molecular formula is C15H13F2NO2. The van der Waals surface area contributed by atoms with Gasteiger partial charge in [-0.1, -0.05) is 0 Å². The Bertz CT molecular complexity index is 682. The summed E-state index contributed by atoms with van der Waals surface area (Å²) < 4.78 is 28.3. The molecule has 3 nitrogen and oxygen atoms in total. The molecule has 0 aliphatic heterocycles. The summed E-state index contributed by atoms with van der Waals surface area (Å²) in [7, 11) is 0. The molecule has 1 N–H and O–H groups in total. The quantitative estimate of drug-likeness (QED) is 0.873. The van der Waals surface area contributed by atoms with Gasteiger partial charge in [-0.2, -0.15) is 0 Å². The van der Waals surface area contributed by atoms with Gasteiger partial charge in [-0.3, -0.25) is 0 Å². The lowest BCUT2D eigenvalue weighted by Crippen LogP contribution is -2.00. The number of hydrogen-bond donors (Lipinski definition) is 1. The molecule has 1 aromatic heterocycles. The van der Waals surface area contributed by atoms with E-state index in [0.29, 0.717) is 16.9 Å². The predicted octanol–water partition coefficient (Wildman–Crippen LogP) is 3.47. The highest BCUT2D eigenvalue weighted by Crippen LogP contribution is 2.23. The number of aromatic nitrogens is 1. The molecule has 2 rings (SSSR count). The summed E-state index contributed by atoms with van der Waals surface area (Å²) >= 11 is 0. The van der Waals surface area contributed by atoms with Crippen molar-refractivity contribution in [3.63, 3.8) is 0 Å². The lowest BCUT2D eigenvalue weighted by Gasteiger charge is -2.10. The van der Waals surface area contributed by atoms with Gasteiger partial charge in [-0.05, 0) is 43.7 Å². The number of aryl methyl sites for hydroxylation is 1. The molecule has 0 saturated carbocycles. The van der Waals surface area contributed by atoms with Gasteiger partial charge in [0, 0.05) is 23.5 Å². The largest absolute Gasteiger partial charge is 0.478 e. The van der Waals surface area contributed by atoms with Crippen molar-refractivity contribution in [2.45, 2.75) is 13.8 Å². The van der Waals surface area contributed by atoms with E-state index < -0.39 is 17.6 Å². The topological polar surface area (TPSA) is 42.2 Å². The standard InChI is InChI=1S/C15H13F2NO2/c1-9-5-11(3-4-15(19)20)10(2)18(9)14-7-12(16)6-13(17)8-14/h3-8H,1-2H3,(H,19,20)/b4-3+. The predicted molar refractivity (Wildman–Crippen MR) is 71.8 cm³/mol. The van der Waals surface area contributed by atoms with Crippen LogP contribution in [0.4, 0.5) is 8.78 Å². The van der Waals surface area contributed by atoms with Crippen LogP contribution in [0.3, 0.4) is 0 Å². The van der Waals surface area contributed by atoms with Gasteiger partial charge < -0.3 is 9.67 Å². The molecule has 0 unspecified atom stereocenters. The second kappa shape index (κ2) is 5.28. The second-order valence-electron chi connectivity index (χ2n) is 4.46. The van der Waals surface area contributed by atoms with Gasteiger partial charge in [-0.25, -0.2) is 13.6 Å². The number of carboxylic acids is 1. The summed E-state index contributed by atoms with van der Waals surface area (Å²) in [6.45, 7) is 3.55. The van der Waals surface area contributed by atoms with Crippen LogP contribution in [0.5, 0.6) is 0 Å². The zero-order valence-electron chi connectivity index (χ0n) is 11.0. The van der Waals surface area contributed by atoms with E-state index in [1.54, 1.807) is 24.5 Å². The number of benzene rings is 1. The number of aliphatic carboxylic acids is 1.